The standard InChI is InChI=1S/C14H12Br2N2O2/c1-8(19)12-4-10(16)5-13(17)14(12)20-7-11-3-2-9(15)6-18-11/h2-6H,7,17H2,1H3. The lowest BCUT2D eigenvalue weighted by molar-refractivity contribution is 0.101. The topological polar surface area (TPSA) is 65.2 Å². The second-order valence-electron chi connectivity index (χ2n) is 4.18. The summed E-state index contributed by atoms with van der Waals surface area (Å²) in [7, 11) is 0. The minimum absolute atomic E-state index is 0.100. The first-order valence-corrected chi connectivity index (χ1v) is 7.39. The molecule has 6 heteroatoms. The number of benzene rings is 1. The van der Waals surface area contributed by atoms with Crippen LogP contribution in [0.25, 0.3) is 0 Å². The van der Waals surface area contributed by atoms with Crippen LogP contribution in [0.3, 0.4) is 0 Å². The molecule has 0 bridgehead atoms. The Kier molecular flexibility index (Phi) is 4.77. The second-order valence-corrected chi connectivity index (χ2v) is 6.02. The van der Waals surface area contributed by atoms with E-state index in [1.165, 1.54) is 6.92 Å². The zero-order valence-electron chi connectivity index (χ0n) is 10.7. The quantitative estimate of drug-likeness (QED) is 0.623. The van der Waals surface area contributed by atoms with Gasteiger partial charge in [0.05, 0.1) is 16.9 Å². The van der Waals surface area contributed by atoms with Crippen LogP contribution in [0, 0.1) is 0 Å². The Balaban J connectivity index is 2.24. The number of carbonyl (C=O) groups is 1. The van der Waals surface area contributed by atoms with Crippen LogP contribution in [-0.2, 0) is 6.61 Å². The van der Waals surface area contributed by atoms with Crippen molar-refractivity contribution in [2.24, 2.45) is 0 Å². The van der Waals surface area contributed by atoms with E-state index in [4.69, 9.17) is 10.5 Å². The molecular weight excluding hydrogens is 388 g/mol. The van der Waals surface area contributed by atoms with Crippen molar-refractivity contribution in [3.63, 3.8) is 0 Å². The van der Waals surface area contributed by atoms with Gasteiger partial charge in [-0.05, 0) is 47.1 Å². The molecule has 1 heterocycles. The molecule has 1 aromatic carbocycles. The van der Waals surface area contributed by atoms with Gasteiger partial charge in [-0.3, -0.25) is 9.78 Å². The van der Waals surface area contributed by atoms with Gasteiger partial charge in [0.25, 0.3) is 0 Å². The summed E-state index contributed by atoms with van der Waals surface area (Å²) < 4.78 is 7.31. The van der Waals surface area contributed by atoms with Crippen molar-refractivity contribution in [3.05, 3.63) is 50.7 Å². The summed E-state index contributed by atoms with van der Waals surface area (Å²) >= 11 is 6.63. The first-order valence-electron chi connectivity index (χ1n) is 5.80. The molecule has 0 saturated heterocycles. The number of anilines is 1. The highest BCUT2D eigenvalue weighted by atomic mass is 79.9. The first-order chi connectivity index (χ1) is 9.47. The van der Waals surface area contributed by atoms with Gasteiger partial charge in [0, 0.05) is 15.1 Å². The molecule has 2 rings (SSSR count). The SMILES string of the molecule is CC(=O)c1cc(Br)cc(N)c1OCc1ccc(Br)cn1. The van der Waals surface area contributed by atoms with Crippen LogP contribution in [0.4, 0.5) is 5.69 Å². The molecule has 1 aromatic heterocycles. The average Bonchev–Trinajstić information content (AvgIpc) is 2.38. The highest BCUT2D eigenvalue weighted by Gasteiger charge is 2.14. The van der Waals surface area contributed by atoms with Crippen molar-refractivity contribution in [1.82, 2.24) is 4.98 Å². The first kappa shape index (κ1) is 15.0. The van der Waals surface area contributed by atoms with Gasteiger partial charge in [-0.2, -0.15) is 0 Å². The fraction of sp³-hybridized carbons (Fsp3) is 0.143. The Labute approximate surface area is 133 Å². The zero-order valence-corrected chi connectivity index (χ0v) is 13.9. The number of hydrogen-bond acceptors (Lipinski definition) is 4. The lowest BCUT2D eigenvalue weighted by atomic mass is 10.1. The monoisotopic (exact) mass is 398 g/mol. The van der Waals surface area contributed by atoms with Gasteiger partial charge in [-0.1, -0.05) is 15.9 Å². The average molecular weight is 400 g/mol. The molecule has 0 saturated carbocycles. The lowest BCUT2D eigenvalue weighted by Crippen LogP contribution is -2.06. The van der Waals surface area contributed by atoms with Gasteiger partial charge in [0.1, 0.15) is 6.61 Å². The number of nitrogens with two attached hydrogens (primary N) is 1. The minimum atomic E-state index is -0.100. The smallest absolute Gasteiger partial charge is 0.163 e. The number of hydrogen-bond donors (Lipinski definition) is 1. The van der Waals surface area contributed by atoms with E-state index in [1.54, 1.807) is 18.3 Å². The largest absolute Gasteiger partial charge is 0.484 e. The van der Waals surface area contributed by atoms with E-state index in [0.29, 0.717) is 17.0 Å². The van der Waals surface area contributed by atoms with Crippen molar-refractivity contribution in [3.8, 4) is 5.75 Å². The highest BCUT2D eigenvalue weighted by Crippen LogP contribution is 2.31. The number of aromatic nitrogens is 1. The molecule has 104 valence electrons. The van der Waals surface area contributed by atoms with Crippen LogP contribution in [-0.4, -0.2) is 10.8 Å². The summed E-state index contributed by atoms with van der Waals surface area (Å²) in [6.07, 6.45) is 1.69. The van der Waals surface area contributed by atoms with Crippen LogP contribution in [0.1, 0.15) is 23.0 Å². The summed E-state index contributed by atoms with van der Waals surface area (Å²) in [4.78, 5) is 15.9. The van der Waals surface area contributed by atoms with Gasteiger partial charge >= 0.3 is 0 Å². The molecule has 0 fully saturated rings. The van der Waals surface area contributed by atoms with Gasteiger partial charge in [-0.15, -0.1) is 0 Å². The molecule has 2 aromatic rings. The summed E-state index contributed by atoms with van der Waals surface area (Å²) in [6.45, 7) is 1.73. The Bertz CT molecular complexity index is 642. The third kappa shape index (κ3) is 3.58. The Morgan fingerprint density at radius 3 is 2.65 bits per heavy atom. The molecule has 4 nitrogen and oxygen atoms in total. The number of ether oxygens (including phenoxy) is 1. The van der Waals surface area contributed by atoms with Gasteiger partial charge in [0.2, 0.25) is 0 Å². The molecule has 2 N–H and O–H groups in total. The third-order valence-corrected chi connectivity index (χ3v) is 3.54. The Morgan fingerprint density at radius 1 is 1.30 bits per heavy atom. The lowest BCUT2D eigenvalue weighted by Gasteiger charge is -2.13. The summed E-state index contributed by atoms with van der Waals surface area (Å²) in [5.41, 5.74) is 7.54. The molecule has 0 aliphatic heterocycles. The molecule has 0 aliphatic rings. The highest BCUT2D eigenvalue weighted by molar-refractivity contribution is 9.10. The van der Waals surface area contributed by atoms with E-state index >= 15 is 0 Å². The Morgan fingerprint density at radius 2 is 2.05 bits per heavy atom. The number of ketones is 1. The van der Waals surface area contributed by atoms with Crippen LogP contribution in [0.2, 0.25) is 0 Å². The predicted molar refractivity (Wildman–Crippen MR) is 84.8 cm³/mol. The molecular formula is C14H12Br2N2O2. The predicted octanol–water partition coefficient (Wildman–Crippen LogP) is 3.97. The number of halogens is 2. The maximum Gasteiger partial charge on any atom is 0.163 e. The van der Waals surface area contributed by atoms with Crippen molar-refractivity contribution < 1.29 is 9.53 Å². The molecule has 0 spiro atoms. The molecule has 0 aliphatic carbocycles. The maximum atomic E-state index is 11.6. The van der Waals surface area contributed by atoms with Crippen LogP contribution in [0.5, 0.6) is 5.75 Å². The van der Waals surface area contributed by atoms with Crippen LogP contribution in [0.15, 0.2) is 39.4 Å². The second kappa shape index (κ2) is 6.37. The van der Waals surface area contributed by atoms with E-state index in [0.717, 1.165) is 14.6 Å². The summed E-state index contributed by atoms with van der Waals surface area (Å²) in [5.74, 6) is 0.294. The zero-order chi connectivity index (χ0) is 14.7. The van der Waals surface area contributed by atoms with Crippen molar-refractivity contribution in [2.45, 2.75) is 13.5 Å². The normalized spacial score (nSPS) is 10.3. The van der Waals surface area contributed by atoms with E-state index in [1.807, 2.05) is 12.1 Å². The Hall–Kier alpha value is -1.40. The fourth-order valence-electron chi connectivity index (χ4n) is 1.68. The number of nitrogen functional groups attached to an aromatic ring is 1. The number of rotatable bonds is 4. The van der Waals surface area contributed by atoms with Gasteiger partial charge in [0.15, 0.2) is 11.5 Å². The van der Waals surface area contributed by atoms with E-state index in [-0.39, 0.29) is 12.4 Å². The van der Waals surface area contributed by atoms with E-state index in [2.05, 4.69) is 36.8 Å². The van der Waals surface area contributed by atoms with Crippen LogP contribution < -0.4 is 10.5 Å². The molecule has 0 atom stereocenters. The molecule has 0 unspecified atom stereocenters. The van der Waals surface area contributed by atoms with Crippen molar-refractivity contribution in [1.29, 1.82) is 0 Å². The summed E-state index contributed by atoms with van der Waals surface area (Å²) in [6, 6.07) is 7.12. The van der Waals surface area contributed by atoms with E-state index < -0.39 is 0 Å². The molecule has 20 heavy (non-hydrogen) atoms. The van der Waals surface area contributed by atoms with Gasteiger partial charge < -0.3 is 10.5 Å². The van der Waals surface area contributed by atoms with Gasteiger partial charge in [-0.25, -0.2) is 0 Å². The van der Waals surface area contributed by atoms with Crippen molar-refractivity contribution in [2.75, 3.05) is 5.73 Å². The van der Waals surface area contributed by atoms with Crippen LogP contribution >= 0.6 is 31.9 Å². The minimum Gasteiger partial charge on any atom is -0.484 e. The molecule has 0 radical (unpaired) electrons. The number of pyridine rings is 1. The fourth-order valence-corrected chi connectivity index (χ4v) is 2.39. The number of carbonyl (C=O) groups excluding carboxylic acids is 1. The van der Waals surface area contributed by atoms with Crippen molar-refractivity contribution >= 4 is 43.3 Å². The third-order valence-electron chi connectivity index (χ3n) is 2.61. The number of nitrogens with zero attached hydrogens (tertiary/aromatic N) is 1. The van der Waals surface area contributed by atoms with E-state index in [9.17, 15) is 4.79 Å². The molecule has 0 amide bonds. The number of Topliss-reactive ketones (excluding diaryl/α,β-unsaturated/α-hetero) is 1. The maximum absolute atomic E-state index is 11.6. The summed E-state index contributed by atoms with van der Waals surface area (Å²) in [5, 5.41) is 0.